The smallest absolute Gasteiger partial charge is 0.0830 e. The van der Waals surface area contributed by atoms with Crippen molar-refractivity contribution >= 4 is 0 Å². The van der Waals surface area contributed by atoms with Crippen LogP contribution in [0.15, 0.2) is 12.1 Å². The van der Waals surface area contributed by atoms with Gasteiger partial charge in [0.2, 0.25) is 0 Å². The van der Waals surface area contributed by atoms with Gasteiger partial charge in [-0.25, -0.2) is 0 Å². The molecule has 6 aliphatic carbocycles. The van der Waals surface area contributed by atoms with Crippen molar-refractivity contribution in [2.45, 2.75) is 64.6 Å². The minimum atomic E-state index is -0.389. The maximum atomic E-state index is 11.0. The highest BCUT2D eigenvalue weighted by Crippen LogP contribution is 2.71. The lowest BCUT2D eigenvalue weighted by molar-refractivity contribution is -0.0977. The molecular weight excluding hydrogens is 272 g/mol. The lowest BCUT2D eigenvalue weighted by atomic mass is 9.42. The lowest BCUT2D eigenvalue weighted by Gasteiger charge is -2.63. The quantitative estimate of drug-likeness (QED) is 0.759. The first-order valence-electron chi connectivity index (χ1n) is 8.79. The summed E-state index contributed by atoms with van der Waals surface area (Å²) in [6.07, 6.45) is 1.43. The summed E-state index contributed by atoms with van der Waals surface area (Å²) < 4.78 is 0. The van der Waals surface area contributed by atoms with E-state index < -0.39 is 0 Å². The van der Waals surface area contributed by atoms with Gasteiger partial charge in [-0.1, -0.05) is 39.8 Å². The first-order chi connectivity index (χ1) is 10.3. The Balaban J connectivity index is 1.74. The second-order valence-corrected chi connectivity index (χ2v) is 9.39. The van der Waals surface area contributed by atoms with Crippen molar-refractivity contribution in [3.8, 4) is 0 Å². The molecule has 1 aromatic rings. The predicted molar refractivity (Wildman–Crippen MR) is 85.6 cm³/mol. The standard InChI is InChI=1S/C20H26O2/c1-19(2)11-7-13(19)17(21)15-9(11)5-6-10-12-8-14(20(12,3)4)18(22)16(10)15/h5-6,11-14,17-18,21-22H,7-8H2,1-4H3/t11?,12?,13?,14?,17-,18-/m1/s1. The van der Waals surface area contributed by atoms with Gasteiger partial charge in [-0.05, 0) is 69.6 Å². The van der Waals surface area contributed by atoms with Crippen LogP contribution in [0.25, 0.3) is 0 Å². The largest absolute Gasteiger partial charge is 0.388 e. The summed E-state index contributed by atoms with van der Waals surface area (Å²) in [5, 5.41) is 22.0. The first kappa shape index (κ1) is 13.6. The van der Waals surface area contributed by atoms with Crippen molar-refractivity contribution in [2.24, 2.45) is 22.7 Å². The molecule has 2 fully saturated rings. The number of benzene rings is 1. The van der Waals surface area contributed by atoms with E-state index in [0.717, 1.165) is 24.0 Å². The minimum Gasteiger partial charge on any atom is -0.388 e. The molecule has 0 heterocycles. The van der Waals surface area contributed by atoms with E-state index in [1.807, 2.05) is 0 Å². The van der Waals surface area contributed by atoms with Crippen molar-refractivity contribution in [1.29, 1.82) is 0 Å². The molecule has 7 rings (SSSR count). The van der Waals surface area contributed by atoms with Gasteiger partial charge in [0.1, 0.15) is 0 Å². The van der Waals surface area contributed by atoms with E-state index >= 15 is 0 Å². The van der Waals surface area contributed by atoms with E-state index in [1.54, 1.807) is 0 Å². The van der Waals surface area contributed by atoms with Crippen LogP contribution in [0.4, 0.5) is 0 Å². The van der Waals surface area contributed by atoms with Crippen LogP contribution in [0, 0.1) is 22.7 Å². The van der Waals surface area contributed by atoms with Crippen LogP contribution in [0.5, 0.6) is 0 Å². The fourth-order valence-corrected chi connectivity index (χ4v) is 6.39. The summed E-state index contributed by atoms with van der Waals surface area (Å²) in [5.41, 5.74) is 5.24. The van der Waals surface area contributed by atoms with E-state index in [0.29, 0.717) is 23.7 Å². The Labute approximate surface area is 132 Å². The normalized spacial score (nSPS) is 45.2. The van der Waals surface area contributed by atoms with E-state index in [-0.39, 0.29) is 23.0 Å². The first-order valence-corrected chi connectivity index (χ1v) is 8.79. The molecule has 2 nitrogen and oxygen atoms in total. The monoisotopic (exact) mass is 298 g/mol. The number of hydrogen-bond acceptors (Lipinski definition) is 2. The minimum absolute atomic E-state index is 0.197. The van der Waals surface area contributed by atoms with E-state index in [1.165, 1.54) is 11.1 Å². The van der Waals surface area contributed by atoms with Gasteiger partial charge in [-0.2, -0.15) is 0 Å². The van der Waals surface area contributed by atoms with Gasteiger partial charge in [-0.3, -0.25) is 0 Å². The molecule has 0 saturated heterocycles. The topological polar surface area (TPSA) is 40.5 Å². The summed E-state index contributed by atoms with van der Waals surface area (Å²) >= 11 is 0. The highest BCUT2D eigenvalue weighted by Gasteiger charge is 2.61. The number of aliphatic hydroxyl groups excluding tert-OH is 2. The Kier molecular flexibility index (Phi) is 2.23. The zero-order valence-electron chi connectivity index (χ0n) is 13.9. The van der Waals surface area contributed by atoms with Crippen LogP contribution in [-0.4, -0.2) is 10.2 Å². The molecule has 4 unspecified atom stereocenters. The summed E-state index contributed by atoms with van der Waals surface area (Å²) in [7, 11) is 0. The molecule has 4 bridgehead atoms. The summed E-state index contributed by atoms with van der Waals surface area (Å²) in [5.74, 6) is 1.82. The molecule has 0 radical (unpaired) electrons. The van der Waals surface area contributed by atoms with Crippen molar-refractivity contribution in [3.63, 3.8) is 0 Å². The molecule has 6 aliphatic rings. The fourth-order valence-electron chi connectivity index (χ4n) is 6.39. The Morgan fingerprint density at radius 3 is 1.45 bits per heavy atom. The summed E-state index contributed by atoms with van der Waals surface area (Å²) in [6, 6.07) is 4.53. The Morgan fingerprint density at radius 1 is 0.773 bits per heavy atom. The van der Waals surface area contributed by atoms with Crippen LogP contribution >= 0.6 is 0 Å². The van der Waals surface area contributed by atoms with Crippen molar-refractivity contribution in [2.75, 3.05) is 0 Å². The third-order valence-corrected chi connectivity index (χ3v) is 8.15. The van der Waals surface area contributed by atoms with Gasteiger partial charge in [0, 0.05) is 0 Å². The van der Waals surface area contributed by atoms with E-state index in [2.05, 4.69) is 39.8 Å². The number of rotatable bonds is 0. The van der Waals surface area contributed by atoms with Gasteiger partial charge < -0.3 is 10.2 Å². The van der Waals surface area contributed by atoms with E-state index in [9.17, 15) is 10.2 Å². The number of aliphatic hydroxyl groups is 2. The van der Waals surface area contributed by atoms with Crippen LogP contribution in [0.3, 0.4) is 0 Å². The SMILES string of the molecule is CC1(C)C2CC1[C@@H](O)c1c2ccc2c1[C@H](O)C1CC2C1(C)C. The van der Waals surface area contributed by atoms with Crippen LogP contribution in [0.2, 0.25) is 0 Å². The van der Waals surface area contributed by atoms with Gasteiger partial charge in [0.25, 0.3) is 0 Å². The third kappa shape index (κ3) is 1.21. The second-order valence-electron chi connectivity index (χ2n) is 9.39. The Bertz CT molecular complexity index is 628. The maximum Gasteiger partial charge on any atom is 0.0830 e. The second kappa shape index (κ2) is 3.62. The zero-order chi connectivity index (χ0) is 15.6. The summed E-state index contributed by atoms with van der Waals surface area (Å²) in [6.45, 7) is 9.14. The Hall–Kier alpha value is -0.860. The Morgan fingerprint density at radius 2 is 1.14 bits per heavy atom. The van der Waals surface area contributed by atoms with Crippen LogP contribution in [-0.2, 0) is 0 Å². The van der Waals surface area contributed by atoms with Crippen molar-refractivity contribution in [3.05, 3.63) is 34.4 Å². The summed E-state index contributed by atoms with van der Waals surface area (Å²) in [4.78, 5) is 0. The molecule has 0 spiro atoms. The zero-order valence-corrected chi connectivity index (χ0v) is 13.9. The van der Waals surface area contributed by atoms with Crippen LogP contribution < -0.4 is 0 Å². The molecule has 6 atom stereocenters. The average Bonchev–Trinajstić information content (AvgIpc) is 2.45. The van der Waals surface area contributed by atoms with E-state index in [4.69, 9.17) is 0 Å². The van der Waals surface area contributed by atoms with Gasteiger partial charge in [0.05, 0.1) is 12.2 Å². The van der Waals surface area contributed by atoms with Gasteiger partial charge in [-0.15, -0.1) is 0 Å². The highest BCUT2D eigenvalue weighted by molar-refractivity contribution is 5.55. The number of hydrogen-bond donors (Lipinski definition) is 2. The average molecular weight is 298 g/mol. The molecule has 2 N–H and O–H groups in total. The lowest BCUT2D eigenvalue weighted by Crippen LogP contribution is -2.54. The molecule has 2 heteroatoms. The molecule has 1 aromatic carbocycles. The van der Waals surface area contributed by atoms with Gasteiger partial charge in [0.15, 0.2) is 0 Å². The molecule has 0 aliphatic heterocycles. The molecule has 22 heavy (non-hydrogen) atoms. The van der Waals surface area contributed by atoms with Gasteiger partial charge >= 0.3 is 0 Å². The van der Waals surface area contributed by atoms with Crippen molar-refractivity contribution in [1.82, 2.24) is 0 Å². The maximum absolute atomic E-state index is 11.0. The molecule has 2 saturated carbocycles. The van der Waals surface area contributed by atoms with Crippen LogP contribution in [0.1, 0.15) is 86.8 Å². The molecule has 0 aromatic heterocycles. The predicted octanol–water partition coefficient (Wildman–Crippen LogP) is 4.04. The molecular formula is C20H26O2. The molecule has 0 amide bonds. The van der Waals surface area contributed by atoms with Crippen molar-refractivity contribution < 1.29 is 10.2 Å². The highest BCUT2D eigenvalue weighted by atomic mass is 16.3. The molecule has 118 valence electrons. The fraction of sp³-hybridized carbons (Fsp3) is 0.700. The third-order valence-electron chi connectivity index (χ3n) is 8.15.